The van der Waals surface area contributed by atoms with Crippen LogP contribution in [0.4, 0.5) is 11.4 Å². The first-order chi connectivity index (χ1) is 8.59. The minimum absolute atomic E-state index is 0.0339. The zero-order chi connectivity index (χ0) is 13.1. The standard InChI is InChI=1S/C12H12N2O4/c15-9-6-8(10(16)12(18)11(9)17)14-13-7-4-2-1-3-5-7/h1-6,13-18H. The van der Waals surface area contributed by atoms with Gasteiger partial charge in [-0.1, -0.05) is 18.2 Å². The van der Waals surface area contributed by atoms with E-state index in [1.807, 2.05) is 18.2 Å². The number of phenols is 4. The van der Waals surface area contributed by atoms with Gasteiger partial charge in [0.25, 0.3) is 0 Å². The van der Waals surface area contributed by atoms with Crippen molar-refractivity contribution in [1.82, 2.24) is 0 Å². The molecular formula is C12H12N2O4. The third-order valence-electron chi connectivity index (χ3n) is 2.34. The second kappa shape index (κ2) is 4.62. The van der Waals surface area contributed by atoms with Crippen LogP contribution in [-0.2, 0) is 0 Å². The van der Waals surface area contributed by atoms with Crippen LogP contribution in [0.2, 0.25) is 0 Å². The summed E-state index contributed by atoms with van der Waals surface area (Å²) in [6.45, 7) is 0. The van der Waals surface area contributed by atoms with E-state index in [1.165, 1.54) is 0 Å². The number of hydrogen-bond acceptors (Lipinski definition) is 6. The van der Waals surface area contributed by atoms with E-state index in [0.29, 0.717) is 0 Å². The summed E-state index contributed by atoms with van der Waals surface area (Å²) in [4.78, 5) is 0. The van der Waals surface area contributed by atoms with Gasteiger partial charge < -0.3 is 25.9 Å². The van der Waals surface area contributed by atoms with Crippen LogP contribution in [0, 0.1) is 0 Å². The molecule has 0 atom stereocenters. The molecule has 0 aliphatic heterocycles. The SMILES string of the molecule is Oc1cc(NNc2ccccc2)c(O)c(O)c1O. The molecule has 6 nitrogen and oxygen atoms in total. The summed E-state index contributed by atoms with van der Waals surface area (Å²) in [7, 11) is 0. The van der Waals surface area contributed by atoms with Crippen molar-refractivity contribution < 1.29 is 20.4 Å². The van der Waals surface area contributed by atoms with Crippen molar-refractivity contribution in [1.29, 1.82) is 0 Å². The quantitative estimate of drug-likeness (QED) is 0.282. The van der Waals surface area contributed by atoms with E-state index >= 15 is 0 Å². The number of rotatable bonds is 3. The highest BCUT2D eigenvalue weighted by molar-refractivity contribution is 5.72. The predicted molar refractivity (Wildman–Crippen MR) is 66.8 cm³/mol. The molecule has 2 aromatic carbocycles. The number of para-hydroxylation sites is 1. The molecule has 0 aliphatic carbocycles. The van der Waals surface area contributed by atoms with Crippen molar-refractivity contribution in [2.75, 3.05) is 10.9 Å². The summed E-state index contributed by atoms with van der Waals surface area (Å²) in [6.07, 6.45) is 0. The first kappa shape index (κ1) is 11.7. The second-order valence-corrected chi connectivity index (χ2v) is 3.61. The van der Waals surface area contributed by atoms with Gasteiger partial charge in [-0.25, -0.2) is 0 Å². The largest absolute Gasteiger partial charge is 0.504 e. The highest BCUT2D eigenvalue weighted by Crippen LogP contribution is 2.46. The molecule has 0 amide bonds. The van der Waals surface area contributed by atoms with Crippen molar-refractivity contribution in [3.63, 3.8) is 0 Å². The molecular weight excluding hydrogens is 236 g/mol. The Kier molecular flexibility index (Phi) is 3.01. The average Bonchev–Trinajstić information content (AvgIpc) is 2.40. The molecule has 0 saturated heterocycles. The first-order valence-corrected chi connectivity index (χ1v) is 5.13. The number of nitrogens with one attached hydrogen (secondary N) is 2. The fourth-order valence-electron chi connectivity index (χ4n) is 1.39. The van der Waals surface area contributed by atoms with Crippen LogP contribution in [0.25, 0.3) is 0 Å². The Morgan fingerprint density at radius 1 is 0.722 bits per heavy atom. The molecule has 2 aromatic rings. The van der Waals surface area contributed by atoms with Gasteiger partial charge in [-0.2, -0.15) is 0 Å². The molecule has 0 unspecified atom stereocenters. The maximum atomic E-state index is 9.56. The number of hydrogen-bond donors (Lipinski definition) is 6. The van der Waals surface area contributed by atoms with Gasteiger partial charge in [-0.15, -0.1) is 0 Å². The van der Waals surface area contributed by atoms with E-state index in [2.05, 4.69) is 10.9 Å². The lowest BCUT2D eigenvalue weighted by molar-refractivity contribution is 0.347. The fourth-order valence-corrected chi connectivity index (χ4v) is 1.39. The maximum Gasteiger partial charge on any atom is 0.206 e. The van der Waals surface area contributed by atoms with Gasteiger partial charge in [0.2, 0.25) is 11.5 Å². The molecule has 0 fully saturated rings. The summed E-state index contributed by atoms with van der Waals surface area (Å²) in [6, 6.07) is 10.1. The molecule has 2 rings (SSSR count). The van der Waals surface area contributed by atoms with Crippen molar-refractivity contribution >= 4 is 11.4 Å². The molecule has 0 aliphatic rings. The Labute approximate surface area is 103 Å². The summed E-state index contributed by atoms with van der Waals surface area (Å²) < 4.78 is 0. The normalized spacial score (nSPS) is 10.0. The Morgan fingerprint density at radius 2 is 1.39 bits per heavy atom. The van der Waals surface area contributed by atoms with Crippen molar-refractivity contribution in [3.05, 3.63) is 36.4 Å². The Balaban J connectivity index is 2.20. The van der Waals surface area contributed by atoms with Crippen LogP contribution < -0.4 is 10.9 Å². The van der Waals surface area contributed by atoms with Crippen molar-refractivity contribution in [3.8, 4) is 23.0 Å². The van der Waals surface area contributed by atoms with Crippen LogP contribution in [0.5, 0.6) is 23.0 Å². The highest BCUT2D eigenvalue weighted by atomic mass is 16.3. The van der Waals surface area contributed by atoms with Crippen LogP contribution in [0.15, 0.2) is 36.4 Å². The molecule has 0 bridgehead atoms. The van der Waals surface area contributed by atoms with Crippen molar-refractivity contribution in [2.24, 2.45) is 0 Å². The zero-order valence-electron chi connectivity index (χ0n) is 9.25. The summed E-state index contributed by atoms with van der Waals surface area (Å²) in [5.41, 5.74) is 6.13. The first-order valence-electron chi connectivity index (χ1n) is 5.13. The summed E-state index contributed by atoms with van der Waals surface area (Å²) in [5.74, 6) is -2.65. The summed E-state index contributed by atoms with van der Waals surface area (Å²) in [5, 5.41) is 37.4. The van der Waals surface area contributed by atoms with Gasteiger partial charge in [0, 0.05) is 6.07 Å². The molecule has 0 spiro atoms. The number of aromatic hydroxyl groups is 4. The third-order valence-corrected chi connectivity index (χ3v) is 2.34. The zero-order valence-corrected chi connectivity index (χ0v) is 9.25. The van der Waals surface area contributed by atoms with Gasteiger partial charge in [0.15, 0.2) is 11.5 Å². The lowest BCUT2D eigenvalue weighted by Crippen LogP contribution is -2.08. The molecule has 0 saturated carbocycles. The topological polar surface area (TPSA) is 105 Å². The molecule has 6 N–H and O–H groups in total. The molecule has 0 heterocycles. The number of anilines is 2. The highest BCUT2D eigenvalue weighted by Gasteiger charge is 2.15. The Morgan fingerprint density at radius 3 is 2.06 bits per heavy atom. The lowest BCUT2D eigenvalue weighted by atomic mass is 10.2. The minimum atomic E-state index is -0.785. The van der Waals surface area contributed by atoms with Crippen LogP contribution in [-0.4, -0.2) is 20.4 Å². The smallest absolute Gasteiger partial charge is 0.206 e. The van der Waals surface area contributed by atoms with Gasteiger partial charge in [0.05, 0.1) is 5.69 Å². The molecule has 94 valence electrons. The Bertz CT molecular complexity index is 558. The van der Waals surface area contributed by atoms with Gasteiger partial charge in [-0.05, 0) is 12.1 Å². The average molecular weight is 248 g/mol. The van der Waals surface area contributed by atoms with E-state index in [-0.39, 0.29) is 5.69 Å². The number of hydrazine groups is 1. The van der Waals surface area contributed by atoms with Crippen LogP contribution in [0.3, 0.4) is 0 Å². The van der Waals surface area contributed by atoms with E-state index in [0.717, 1.165) is 11.8 Å². The van der Waals surface area contributed by atoms with Gasteiger partial charge in [-0.3, -0.25) is 5.43 Å². The fraction of sp³-hybridized carbons (Fsp3) is 0. The predicted octanol–water partition coefficient (Wildman–Crippen LogP) is 1.95. The van der Waals surface area contributed by atoms with Crippen LogP contribution >= 0.6 is 0 Å². The third kappa shape index (κ3) is 2.17. The van der Waals surface area contributed by atoms with E-state index < -0.39 is 23.0 Å². The number of benzene rings is 2. The number of phenolic OH excluding ortho intramolecular Hbond substituents is 4. The summed E-state index contributed by atoms with van der Waals surface area (Å²) >= 11 is 0. The van der Waals surface area contributed by atoms with E-state index in [1.54, 1.807) is 12.1 Å². The second-order valence-electron chi connectivity index (χ2n) is 3.61. The maximum absolute atomic E-state index is 9.56. The van der Waals surface area contributed by atoms with E-state index in [9.17, 15) is 20.4 Å². The Hall–Kier alpha value is -2.76. The van der Waals surface area contributed by atoms with Gasteiger partial charge in [0.1, 0.15) is 5.69 Å². The van der Waals surface area contributed by atoms with E-state index in [4.69, 9.17) is 0 Å². The molecule has 0 aromatic heterocycles. The minimum Gasteiger partial charge on any atom is -0.504 e. The van der Waals surface area contributed by atoms with Crippen LogP contribution in [0.1, 0.15) is 0 Å². The molecule has 0 radical (unpaired) electrons. The molecule has 6 heteroatoms. The lowest BCUT2D eigenvalue weighted by Gasteiger charge is -2.13. The molecule has 18 heavy (non-hydrogen) atoms. The monoisotopic (exact) mass is 248 g/mol. The van der Waals surface area contributed by atoms with Crippen molar-refractivity contribution in [2.45, 2.75) is 0 Å². The van der Waals surface area contributed by atoms with Gasteiger partial charge >= 0.3 is 0 Å².